The minimum Gasteiger partial charge on any atom is -0.386 e. The first kappa shape index (κ1) is 17.2. The van der Waals surface area contributed by atoms with Gasteiger partial charge in [-0.1, -0.05) is 0 Å². The molecule has 0 bridgehead atoms. The Labute approximate surface area is 145 Å². The van der Waals surface area contributed by atoms with Crippen LogP contribution in [0.15, 0.2) is 30.6 Å². The van der Waals surface area contributed by atoms with E-state index in [0.717, 1.165) is 31.6 Å². The van der Waals surface area contributed by atoms with Crippen molar-refractivity contribution >= 4 is 17.4 Å². The van der Waals surface area contributed by atoms with Gasteiger partial charge in [0, 0.05) is 49.8 Å². The van der Waals surface area contributed by atoms with E-state index in [2.05, 4.69) is 20.6 Å². The van der Waals surface area contributed by atoms with Crippen LogP contribution in [0, 0.1) is 5.82 Å². The highest BCUT2D eigenvalue weighted by atomic mass is 19.1. The summed E-state index contributed by atoms with van der Waals surface area (Å²) >= 11 is 0. The summed E-state index contributed by atoms with van der Waals surface area (Å²) < 4.78 is 15.4. The molecule has 0 spiro atoms. The van der Waals surface area contributed by atoms with E-state index in [-0.39, 0.29) is 6.54 Å². The van der Waals surface area contributed by atoms with E-state index in [4.69, 9.17) is 0 Å². The second-order valence-corrected chi connectivity index (χ2v) is 6.19. The quantitative estimate of drug-likeness (QED) is 0.773. The lowest BCUT2D eigenvalue weighted by molar-refractivity contribution is 0.175. The second-order valence-electron chi connectivity index (χ2n) is 6.19. The van der Waals surface area contributed by atoms with E-state index in [1.165, 1.54) is 12.1 Å². The molecule has 1 aliphatic heterocycles. The number of aliphatic hydroxyl groups is 1. The molecule has 7 nitrogen and oxygen atoms in total. The van der Waals surface area contributed by atoms with Crippen LogP contribution in [0.1, 0.15) is 24.5 Å². The number of anilines is 2. The van der Waals surface area contributed by atoms with Crippen molar-refractivity contribution < 1.29 is 14.3 Å². The Morgan fingerprint density at radius 1 is 1.36 bits per heavy atom. The van der Waals surface area contributed by atoms with Crippen LogP contribution in [0.3, 0.4) is 0 Å². The number of aryl methyl sites for hydroxylation is 1. The van der Waals surface area contributed by atoms with Crippen molar-refractivity contribution in [1.82, 2.24) is 15.1 Å². The largest absolute Gasteiger partial charge is 0.386 e. The van der Waals surface area contributed by atoms with Crippen molar-refractivity contribution in [2.45, 2.75) is 18.9 Å². The van der Waals surface area contributed by atoms with Gasteiger partial charge in [0.25, 0.3) is 0 Å². The Morgan fingerprint density at radius 2 is 2.12 bits per heavy atom. The Bertz CT molecular complexity index is 742. The SMILES string of the molecule is Cn1cc([C@@H](O)CNC(=O)Nc2cc(F)cc(N3CCCC3)c2)cn1. The molecule has 1 aromatic carbocycles. The number of urea groups is 1. The Kier molecular flexibility index (Phi) is 5.18. The van der Waals surface area contributed by atoms with Crippen molar-refractivity contribution in [3.8, 4) is 0 Å². The number of carbonyl (C=O) groups excluding carboxylic acids is 1. The van der Waals surface area contributed by atoms with Crippen LogP contribution in [-0.4, -0.2) is 40.6 Å². The summed E-state index contributed by atoms with van der Waals surface area (Å²) in [6.45, 7) is 1.82. The molecule has 3 rings (SSSR count). The summed E-state index contributed by atoms with van der Waals surface area (Å²) in [5.41, 5.74) is 1.77. The van der Waals surface area contributed by atoms with Gasteiger partial charge in [0.2, 0.25) is 0 Å². The van der Waals surface area contributed by atoms with Crippen molar-refractivity contribution in [1.29, 1.82) is 0 Å². The number of benzene rings is 1. The zero-order valence-electron chi connectivity index (χ0n) is 14.1. The molecular weight excluding hydrogens is 325 g/mol. The fraction of sp³-hybridized carbons (Fsp3) is 0.412. The van der Waals surface area contributed by atoms with Crippen LogP contribution in [0.2, 0.25) is 0 Å². The first-order chi connectivity index (χ1) is 12.0. The molecule has 1 atom stereocenters. The van der Waals surface area contributed by atoms with Gasteiger partial charge in [0.05, 0.1) is 12.3 Å². The lowest BCUT2D eigenvalue weighted by Crippen LogP contribution is -2.32. The molecule has 25 heavy (non-hydrogen) atoms. The fourth-order valence-corrected chi connectivity index (χ4v) is 2.90. The average Bonchev–Trinajstić information content (AvgIpc) is 3.23. The van der Waals surface area contributed by atoms with Gasteiger partial charge in [-0.2, -0.15) is 5.10 Å². The van der Waals surface area contributed by atoms with E-state index in [0.29, 0.717) is 11.3 Å². The molecule has 1 saturated heterocycles. The molecule has 8 heteroatoms. The summed E-state index contributed by atoms with van der Waals surface area (Å²) in [5, 5.41) is 19.2. The molecule has 0 aliphatic carbocycles. The number of hydrogen-bond donors (Lipinski definition) is 3. The zero-order chi connectivity index (χ0) is 17.8. The topological polar surface area (TPSA) is 82.4 Å². The Balaban J connectivity index is 1.57. The average molecular weight is 347 g/mol. The maximum atomic E-state index is 13.8. The van der Waals surface area contributed by atoms with Gasteiger partial charge in [-0.3, -0.25) is 4.68 Å². The molecule has 0 unspecified atom stereocenters. The van der Waals surface area contributed by atoms with Crippen LogP contribution < -0.4 is 15.5 Å². The summed E-state index contributed by atoms with van der Waals surface area (Å²) in [6.07, 6.45) is 4.54. The number of rotatable bonds is 5. The van der Waals surface area contributed by atoms with Gasteiger partial charge in [-0.15, -0.1) is 0 Å². The molecule has 1 fully saturated rings. The number of aromatic nitrogens is 2. The number of nitrogens with zero attached hydrogens (tertiary/aromatic N) is 3. The van der Waals surface area contributed by atoms with Crippen LogP contribution >= 0.6 is 0 Å². The highest BCUT2D eigenvalue weighted by Crippen LogP contribution is 2.25. The van der Waals surface area contributed by atoms with Gasteiger partial charge in [-0.05, 0) is 31.0 Å². The summed E-state index contributed by atoms with van der Waals surface area (Å²) in [5.74, 6) is -0.393. The normalized spacial score (nSPS) is 15.2. The van der Waals surface area contributed by atoms with Gasteiger partial charge < -0.3 is 20.6 Å². The van der Waals surface area contributed by atoms with Crippen LogP contribution in [0.5, 0.6) is 0 Å². The maximum absolute atomic E-state index is 13.8. The van der Waals surface area contributed by atoms with Gasteiger partial charge >= 0.3 is 6.03 Å². The molecule has 0 saturated carbocycles. The minimum absolute atomic E-state index is 0.0336. The predicted octanol–water partition coefficient (Wildman–Crippen LogP) is 2.01. The first-order valence-corrected chi connectivity index (χ1v) is 8.28. The van der Waals surface area contributed by atoms with Gasteiger partial charge in [0.1, 0.15) is 5.82 Å². The van der Waals surface area contributed by atoms with Crippen molar-refractivity contribution in [3.63, 3.8) is 0 Å². The lowest BCUT2D eigenvalue weighted by atomic mass is 10.2. The zero-order valence-corrected chi connectivity index (χ0v) is 14.1. The van der Waals surface area contributed by atoms with E-state index in [9.17, 15) is 14.3 Å². The molecule has 0 radical (unpaired) electrons. The molecule has 2 heterocycles. The highest BCUT2D eigenvalue weighted by molar-refractivity contribution is 5.89. The second kappa shape index (κ2) is 7.52. The van der Waals surface area contributed by atoms with Crippen molar-refractivity contribution in [2.24, 2.45) is 7.05 Å². The Morgan fingerprint density at radius 3 is 2.80 bits per heavy atom. The molecule has 2 aromatic rings. The minimum atomic E-state index is -0.855. The molecular formula is C17H22FN5O2. The van der Waals surface area contributed by atoms with E-state index < -0.39 is 18.0 Å². The van der Waals surface area contributed by atoms with E-state index >= 15 is 0 Å². The van der Waals surface area contributed by atoms with Gasteiger partial charge in [-0.25, -0.2) is 9.18 Å². The van der Waals surface area contributed by atoms with Crippen molar-refractivity contribution in [3.05, 3.63) is 42.0 Å². The summed E-state index contributed by atoms with van der Waals surface area (Å²) in [4.78, 5) is 14.1. The molecule has 2 amide bonds. The van der Waals surface area contributed by atoms with Crippen LogP contribution in [0.25, 0.3) is 0 Å². The third-order valence-electron chi connectivity index (χ3n) is 4.18. The number of hydrogen-bond acceptors (Lipinski definition) is 4. The summed E-state index contributed by atoms with van der Waals surface area (Å²) in [7, 11) is 1.75. The number of amides is 2. The fourth-order valence-electron chi connectivity index (χ4n) is 2.90. The van der Waals surface area contributed by atoms with Crippen molar-refractivity contribution in [2.75, 3.05) is 29.9 Å². The van der Waals surface area contributed by atoms with Gasteiger partial charge in [0.15, 0.2) is 0 Å². The van der Waals surface area contributed by atoms with Crippen LogP contribution in [-0.2, 0) is 7.05 Å². The van der Waals surface area contributed by atoms with Crippen LogP contribution in [0.4, 0.5) is 20.6 Å². The number of halogens is 1. The Hall–Kier alpha value is -2.61. The molecule has 134 valence electrons. The highest BCUT2D eigenvalue weighted by Gasteiger charge is 2.15. The monoisotopic (exact) mass is 347 g/mol. The first-order valence-electron chi connectivity index (χ1n) is 8.28. The van der Waals surface area contributed by atoms with E-state index in [1.807, 2.05) is 0 Å². The van der Waals surface area contributed by atoms with E-state index in [1.54, 1.807) is 30.2 Å². The maximum Gasteiger partial charge on any atom is 0.319 e. The lowest BCUT2D eigenvalue weighted by Gasteiger charge is -2.19. The molecule has 1 aliphatic rings. The predicted molar refractivity (Wildman–Crippen MR) is 93.0 cm³/mol. The molecule has 1 aromatic heterocycles. The number of aliphatic hydroxyl groups excluding tert-OH is 1. The third kappa shape index (κ3) is 4.48. The number of nitrogens with one attached hydrogen (secondary N) is 2. The standard InChI is InChI=1S/C17H22FN5O2/c1-22-11-12(9-20-22)16(24)10-19-17(25)21-14-6-13(18)7-15(8-14)23-4-2-3-5-23/h6-9,11,16,24H,2-5,10H2,1H3,(H2,19,21,25)/t16-/m0/s1. The smallest absolute Gasteiger partial charge is 0.319 e. The molecule has 3 N–H and O–H groups in total. The number of carbonyl (C=O) groups is 1. The third-order valence-corrected chi connectivity index (χ3v) is 4.18. The summed E-state index contributed by atoms with van der Waals surface area (Å²) in [6, 6.07) is 4.00.